The van der Waals surface area contributed by atoms with E-state index >= 15 is 0 Å². The van der Waals surface area contributed by atoms with Crippen molar-refractivity contribution in [1.29, 1.82) is 0 Å². The molecule has 0 amide bonds. The molecule has 0 aliphatic heterocycles. The topological polar surface area (TPSA) is 20.2 Å². The van der Waals surface area contributed by atoms with Crippen molar-refractivity contribution >= 4 is 11.8 Å². The van der Waals surface area contributed by atoms with Crippen LogP contribution in [-0.4, -0.2) is 17.5 Å². The van der Waals surface area contributed by atoms with E-state index in [2.05, 4.69) is 0 Å². The molecule has 1 aromatic rings. The molecule has 1 rings (SSSR count). The summed E-state index contributed by atoms with van der Waals surface area (Å²) in [5.74, 6) is 0.779. The highest BCUT2D eigenvalue weighted by atomic mass is 32.2. The smallest absolute Gasteiger partial charge is 0.396 e. The number of hydrogen-bond donors (Lipinski definition) is 1. The summed E-state index contributed by atoms with van der Waals surface area (Å²) in [6, 6.07) is 5.37. The lowest BCUT2D eigenvalue weighted by Crippen LogP contribution is -2.04. The maximum absolute atomic E-state index is 12.4. The second-order valence-electron chi connectivity index (χ2n) is 3.66. The Morgan fingerprint density at radius 3 is 2.53 bits per heavy atom. The summed E-state index contributed by atoms with van der Waals surface area (Å²) in [7, 11) is 0. The second kappa shape index (κ2) is 6.91. The summed E-state index contributed by atoms with van der Waals surface area (Å²) in [4.78, 5) is 0.642. The SMILES string of the molecule is OCCCCCSc1cccc(C(F)(F)F)c1. The van der Waals surface area contributed by atoms with Gasteiger partial charge in [0.2, 0.25) is 0 Å². The highest BCUT2D eigenvalue weighted by Crippen LogP contribution is 2.32. The molecule has 0 spiro atoms. The third kappa shape index (κ3) is 5.46. The molecular weight excluding hydrogens is 249 g/mol. The summed E-state index contributed by atoms with van der Waals surface area (Å²) in [5, 5.41) is 8.58. The van der Waals surface area contributed by atoms with E-state index in [0.29, 0.717) is 4.90 Å². The van der Waals surface area contributed by atoms with Gasteiger partial charge in [0.05, 0.1) is 5.56 Å². The van der Waals surface area contributed by atoms with Crippen LogP contribution in [0.1, 0.15) is 24.8 Å². The quantitative estimate of drug-likeness (QED) is 0.620. The fourth-order valence-corrected chi connectivity index (χ4v) is 2.31. The Balaban J connectivity index is 2.44. The maximum Gasteiger partial charge on any atom is 0.416 e. The van der Waals surface area contributed by atoms with E-state index < -0.39 is 11.7 Å². The van der Waals surface area contributed by atoms with Gasteiger partial charge in [-0.1, -0.05) is 12.5 Å². The molecule has 1 aromatic carbocycles. The lowest BCUT2D eigenvalue weighted by Gasteiger charge is -2.08. The Bertz CT molecular complexity index is 339. The van der Waals surface area contributed by atoms with Gasteiger partial charge in [0.25, 0.3) is 0 Å². The van der Waals surface area contributed by atoms with Crippen molar-refractivity contribution in [3.05, 3.63) is 29.8 Å². The first-order chi connectivity index (χ1) is 8.04. The van der Waals surface area contributed by atoms with Gasteiger partial charge in [-0.15, -0.1) is 11.8 Å². The molecule has 0 heterocycles. The molecular formula is C12H15F3OS. The molecule has 96 valence electrons. The molecule has 0 aromatic heterocycles. The highest BCUT2D eigenvalue weighted by molar-refractivity contribution is 7.99. The van der Waals surface area contributed by atoms with E-state index in [1.807, 2.05) is 0 Å². The lowest BCUT2D eigenvalue weighted by molar-refractivity contribution is -0.137. The lowest BCUT2D eigenvalue weighted by atomic mass is 10.2. The van der Waals surface area contributed by atoms with Crippen molar-refractivity contribution in [3.8, 4) is 0 Å². The Labute approximate surface area is 103 Å². The zero-order valence-corrected chi connectivity index (χ0v) is 10.2. The van der Waals surface area contributed by atoms with E-state index in [4.69, 9.17) is 5.11 Å². The number of aliphatic hydroxyl groups excluding tert-OH is 1. The average molecular weight is 264 g/mol. The first-order valence-corrected chi connectivity index (χ1v) is 6.43. The van der Waals surface area contributed by atoms with Gasteiger partial charge in [-0.2, -0.15) is 13.2 Å². The van der Waals surface area contributed by atoms with Crippen LogP contribution in [0.2, 0.25) is 0 Å². The van der Waals surface area contributed by atoms with E-state index in [-0.39, 0.29) is 6.61 Å². The predicted molar refractivity (Wildman–Crippen MR) is 63.1 cm³/mol. The molecule has 0 bridgehead atoms. The fourth-order valence-electron chi connectivity index (χ4n) is 1.34. The van der Waals surface area contributed by atoms with Crippen LogP contribution in [0, 0.1) is 0 Å². The van der Waals surface area contributed by atoms with E-state index in [0.717, 1.165) is 31.1 Å². The second-order valence-corrected chi connectivity index (χ2v) is 4.83. The minimum atomic E-state index is -4.27. The molecule has 0 atom stereocenters. The average Bonchev–Trinajstić information content (AvgIpc) is 2.28. The monoisotopic (exact) mass is 264 g/mol. The third-order valence-electron chi connectivity index (χ3n) is 2.23. The summed E-state index contributed by atoms with van der Waals surface area (Å²) in [5.41, 5.74) is -0.599. The number of thioether (sulfide) groups is 1. The van der Waals surface area contributed by atoms with E-state index in [1.54, 1.807) is 6.07 Å². The van der Waals surface area contributed by atoms with Gasteiger partial charge in [-0.3, -0.25) is 0 Å². The van der Waals surface area contributed by atoms with Crippen molar-refractivity contribution in [1.82, 2.24) is 0 Å². The normalized spacial score (nSPS) is 11.8. The van der Waals surface area contributed by atoms with Gasteiger partial charge in [-0.05, 0) is 36.8 Å². The van der Waals surface area contributed by atoms with Gasteiger partial charge >= 0.3 is 6.18 Å². The fraction of sp³-hybridized carbons (Fsp3) is 0.500. The van der Waals surface area contributed by atoms with Crippen molar-refractivity contribution in [3.63, 3.8) is 0 Å². The number of unbranched alkanes of at least 4 members (excludes halogenated alkanes) is 2. The van der Waals surface area contributed by atoms with E-state index in [9.17, 15) is 13.2 Å². The summed E-state index contributed by atoms with van der Waals surface area (Å²) >= 11 is 1.42. The maximum atomic E-state index is 12.4. The molecule has 0 aliphatic rings. The van der Waals surface area contributed by atoms with Gasteiger partial charge in [0.1, 0.15) is 0 Å². The minimum Gasteiger partial charge on any atom is -0.396 e. The van der Waals surface area contributed by atoms with Gasteiger partial charge in [0, 0.05) is 11.5 Å². The summed E-state index contributed by atoms with van der Waals surface area (Å²) < 4.78 is 37.3. The van der Waals surface area contributed by atoms with E-state index in [1.165, 1.54) is 23.9 Å². The minimum absolute atomic E-state index is 0.175. The molecule has 0 saturated heterocycles. The van der Waals surface area contributed by atoms with Crippen LogP contribution >= 0.6 is 11.8 Å². The van der Waals surface area contributed by atoms with Crippen LogP contribution in [0.15, 0.2) is 29.2 Å². The van der Waals surface area contributed by atoms with Crippen LogP contribution < -0.4 is 0 Å². The Hall–Kier alpha value is -0.680. The largest absolute Gasteiger partial charge is 0.416 e. The van der Waals surface area contributed by atoms with Gasteiger partial charge < -0.3 is 5.11 Å². The van der Waals surface area contributed by atoms with Gasteiger partial charge in [-0.25, -0.2) is 0 Å². The Kier molecular flexibility index (Phi) is 5.85. The van der Waals surface area contributed by atoms with Gasteiger partial charge in [0.15, 0.2) is 0 Å². The van der Waals surface area contributed by atoms with Crippen LogP contribution in [0.5, 0.6) is 0 Å². The van der Waals surface area contributed by atoms with Crippen molar-refractivity contribution < 1.29 is 18.3 Å². The first-order valence-electron chi connectivity index (χ1n) is 5.45. The Morgan fingerprint density at radius 2 is 1.88 bits per heavy atom. The molecule has 1 N–H and O–H groups in total. The molecule has 17 heavy (non-hydrogen) atoms. The molecule has 0 aliphatic carbocycles. The van der Waals surface area contributed by atoms with Crippen LogP contribution in [0.3, 0.4) is 0 Å². The molecule has 0 radical (unpaired) electrons. The Morgan fingerprint density at radius 1 is 1.12 bits per heavy atom. The number of rotatable bonds is 6. The van der Waals surface area contributed by atoms with Crippen LogP contribution in [0.4, 0.5) is 13.2 Å². The number of halogens is 3. The zero-order chi connectivity index (χ0) is 12.7. The van der Waals surface area contributed by atoms with Crippen LogP contribution in [-0.2, 0) is 6.18 Å². The molecule has 0 unspecified atom stereocenters. The molecule has 0 saturated carbocycles. The number of aliphatic hydroxyl groups is 1. The number of benzene rings is 1. The summed E-state index contributed by atoms with van der Waals surface area (Å²) in [6.07, 6.45) is -1.71. The molecule has 5 heteroatoms. The number of alkyl halides is 3. The molecule has 1 nitrogen and oxygen atoms in total. The highest BCUT2D eigenvalue weighted by Gasteiger charge is 2.30. The van der Waals surface area contributed by atoms with Crippen molar-refractivity contribution in [2.45, 2.75) is 30.3 Å². The first kappa shape index (κ1) is 14.4. The standard InChI is InChI=1S/C12H15F3OS/c13-12(14,15)10-5-4-6-11(9-10)17-8-3-1-2-7-16/h4-6,9,16H,1-3,7-8H2. The third-order valence-corrected chi connectivity index (χ3v) is 3.31. The molecule has 0 fully saturated rings. The van der Waals surface area contributed by atoms with Crippen LogP contribution in [0.25, 0.3) is 0 Å². The predicted octanol–water partition coefficient (Wildman–Crippen LogP) is 3.96. The zero-order valence-electron chi connectivity index (χ0n) is 9.33. The number of hydrogen-bond acceptors (Lipinski definition) is 2. The summed E-state index contributed by atoms with van der Waals surface area (Å²) in [6.45, 7) is 0.175. The van der Waals surface area contributed by atoms with Crippen molar-refractivity contribution in [2.24, 2.45) is 0 Å². The van der Waals surface area contributed by atoms with Crippen molar-refractivity contribution in [2.75, 3.05) is 12.4 Å².